The number of nitrogens with zero attached hydrogens (tertiary/aromatic N) is 2. The highest BCUT2D eigenvalue weighted by atomic mass is 19.3. The number of benzene rings is 2. The van der Waals surface area contributed by atoms with Gasteiger partial charge in [-0.15, -0.1) is 0 Å². The van der Waals surface area contributed by atoms with Crippen LogP contribution in [-0.4, -0.2) is 61.0 Å². The molecule has 0 aliphatic carbocycles. The number of piperidine rings is 1. The van der Waals surface area contributed by atoms with Crippen molar-refractivity contribution in [3.8, 4) is 11.5 Å². The van der Waals surface area contributed by atoms with E-state index < -0.39 is 6.61 Å². The summed E-state index contributed by atoms with van der Waals surface area (Å²) in [6.45, 7) is 0.709. The van der Waals surface area contributed by atoms with Crippen molar-refractivity contribution in [2.75, 3.05) is 26.7 Å². The van der Waals surface area contributed by atoms with Crippen LogP contribution in [0.15, 0.2) is 48.5 Å². The lowest BCUT2D eigenvalue weighted by Crippen LogP contribution is -2.49. The van der Waals surface area contributed by atoms with Crippen LogP contribution in [0.3, 0.4) is 0 Å². The van der Waals surface area contributed by atoms with Gasteiger partial charge in [0.05, 0.1) is 7.11 Å². The molecule has 1 aliphatic heterocycles. The minimum absolute atomic E-state index is 0.00299. The highest BCUT2D eigenvalue weighted by Crippen LogP contribution is 2.30. The molecule has 0 aromatic heterocycles. The first kappa shape index (κ1) is 23.5. The van der Waals surface area contributed by atoms with Gasteiger partial charge in [0.15, 0.2) is 11.5 Å². The van der Waals surface area contributed by atoms with Gasteiger partial charge in [-0.1, -0.05) is 25.1 Å². The van der Waals surface area contributed by atoms with Gasteiger partial charge in [-0.3, -0.25) is 9.59 Å². The lowest BCUT2D eigenvalue weighted by atomic mass is 10.0. The Bertz CT molecular complexity index is 915. The molecule has 0 N–H and O–H groups in total. The molecule has 1 aliphatic rings. The molecule has 1 fully saturated rings. The number of halogens is 2. The number of carbonyl (C=O) groups excluding carboxylic acids is 2. The van der Waals surface area contributed by atoms with E-state index >= 15 is 0 Å². The van der Waals surface area contributed by atoms with Gasteiger partial charge in [-0.05, 0) is 49.6 Å². The lowest BCUT2D eigenvalue weighted by molar-refractivity contribution is -0.0512. The van der Waals surface area contributed by atoms with Crippen molar-refractivity contribution in [2.45, 2.75) is 38.8 Å². The van der Waals surface area contributed by atoms with Crippen molar-refractivity contribution >= 4 is 11.8 Å². The quantitative estimate of drug-likeness (QED) is 0.601. The Hall–Kier alpha value is -3.16. The smallest absolute Gasteiger partial charge is 0.387 e. The molecule has 1 saturated heterocycles. The molecule has 0 unspecified atom stereocenters. The number of alkyl halides is 2. The molecule has 32 heavy (non-hydrogen) atoms. The maximum atomic E-state index is 13.3. The molecular weight excluding hydrogens is 418 g/mol. The van der Waals surface area contributed by atoms with E-state index in [9.17, 15) is 18.4 Å². The predicted molar refractivity (Wildman–Crippen MR) is 116 cm³/mol. The van der Waals surface area contributed by atoms with Gasteiger partial charge in [-0.25, -0.2) is 0 Å². The van der Waals surface area contributed by atoms with E-state index in [1.54, 1.807) is 12.1 Å². The number of likely N-dealkylation sites (tertiary alicyclic amines) is 1. The molecule has 6 nitrogen and oxygen atoms in total. The summed E-state index contributed by atoms with van der Waals surface area (Å²) in [6.07, 6.45) is 2.13. The maximum Gasteiger partial charge on any atom is 0.387 e. The summed E-state index contributed by atoms with van der Waals surface area (Å²) in [5.74, 6) is -0.233. The second-order valence-corrected chi connectivity index (χ2v) is 7.63. The highest BCUT2D eigenvalue weighted by Gasteiger charge is 2.30. The highest BCUT2D eigenvalue weighted by molar-refractivity contribution is 5.95. The Labute approximate surface area is 186 Å². The van der Waals surface area contributed by atoms with Crippen molar-refractivity contribution in [1.82, 2.24) is 9.80 Å². The van der Waals surface area contributed by atoms with Gasteiger partial charge in [-0.2, -0.15) is 8.78 Å². The van der Waals surface area contributed by atoms with E-state index in [0.717, 1.165) is 6.42 Å². The summed E-state index contributed by atoms with van der Waals surface area (Å²) in [5.41, 5.74) is 1.00. The first-order chi connectivity index (χ1) is 15.4. The number of ether oxygens (including phenoxy) is 2. The fraction of sp³-hybridized carbons (Fsp3) is 0.417. The van der Waals surface area contributed by atoms with Crippen LogP contribution in [0.25, 0.3) is 0 Å². The number of amides is 2. The third kappa shape index (κ3) is 5.55. The Morgan fingerprint density at radius 1 is 1.06 bits per heavy atom. The minimum atomic E-state index is -2.98. The SMILES string of the molecule is CCCN(C(=O)c1ccc(OC(F)F)c(OC)c1)C1CCN(C(=O)c2ccccc2)CC1. The fourth-order valence-electron chi connectivity index (χ4n) is 3.99. The van der Waals surface area contributed by atoms with Gasteiger partial charge in [0.2, 0.25) is 0 Å². The van der Waals surface area contributed by atoms with Gasteiger partial charge in [0.25, 0.3) is 11.8 Å². The Morgan fingerprint density at radius 2 is 1.75 bits per heavy atom. The number of methoxy groups -OCH3 is 1. The van der Waals surface area contributed by atoms with Gasteiger partial charge in [0, 0.05) is 36.8 Å². The number of carbonyl (C=O) groups is 2. The van der Waals surface area contributed by atoms with E-state index in [1.807, 2.05) is 34.9 Å². The average Bonchev–Trinajstić information content (AvgIpc) is 2.82. The molecule has 2 amide bonds. The minimum Gasteiger partial charge on any atom is -0.493 e. The van der Waals surface area contributed by atoms with Crippen LogP contribution >= 0.6 is 0 Å². The van der Waals surface area contributed by atoms with Crippen LogP contribution in [0.1, 0.15) is 46.9 Å². The molecule has 0 radical (unpaired) electrons. The Balaban J connectivity index is 1.70. The van der Waals surface area contributed by atoms with E-state index in [2.05, 4.69) is 4.74 Å². The summed E-state index contributed by atoms with van der Waals surface area (Å²) in [5, 5.41) is 0. The molecular formula is C24H28F2N2O4. The van der Waals surface area contributed by atoms with Crippen molar-refractivity contribution in [1.29, 1.82) is 0 Å². The molecule has 3 rings (SSSR count). The first-order valence-electron chi connectivity index (χ1n) is 10.7. The van der Waals surface area contributed by atoms with E-state index in [1.165, 1.54) is 25.3 Å². The number of hydrogen-bond acceptors (Lipinski definition) is 4. The zero-order valence-corrected chi connectivity index (χ0v) is 18.3. The van der Waals surface area contributed by atoms with E-state index in [0.29, 0.717) is 43.6 Å². The molecule has 0 saturated carbocycles. The van der Waals surface area contributed by atoms with Crippen molar-refractivity contribution < 1.29 is 27.8 Å². The second kappa shape index (κ2) is 10.9. The van der Waals surface area contributed by atoms with Crippen LogP contribution < -0.4 is 9.47 Å². The van der Waals surface area contributed by atoms with Gasteiger partial charge in [0.1, 0.15) is 0 Å². The number of rotatable bonds is 8. The van der Waals surface area contributed by atoms with Crippen molar-refractivity contribution in [2.24, 2.45) is 0 Å². The predicted octanol–water partition coefficient (Wildman–Crippen LogP) is 4.45. The normalized spacial score (nSPS) is 14.3. The molecule has 2 aromatic carbocycles. The van der Waals surface area contributed by atoms with Crippen LogP contribution in [0, 0.1) is 0 Å². The maximum absolute atomic E-state index is 13.3. The Kier molecular flexibility index (Phi) is 8.03. The zero-order valence-electron chi connectivity index (χ0n) is 18.3. The monoisotopic (exact) mass is 446 g/mol. The largest absolute Gasteiger partial charge is 0.493 e. The molecule has 2 aromatic rings. The van der Waals surface area contributed by atoms with Crippen LogP contribution in [0.4, 0.5) is 8.78 Å². The number of hydrogen-bond donors (Lipinski definition) is 0. The molecule has 0 bridgehead atoms. The molecule has 172 valence electrons. The molecule has 1 heterocycles. The van der Waals surface area contributed by atoms with Crippen molar-refractivity contribution in [3.05, 3.63) is 59.7 Å². The standard InChI is InChI=1S/C24H28F2N2O4/c1-3-13-28(23(30)18-9-10-20(32-24(25)26)21(16-18)31-2)19-11-14-27(15-12-19)22(29)17-7-5-4-6-8-17/h4-10,16,19,24H,3,11-15H2,1-2H3. The summed E-state index contributed by atoms with van der Waals surface area (Å²) in [7, 11) is 1.34. The topological polar surface area (TPSA) is 59.1 Å². The van der Waals surface area contributed by atoms with E-state index in [-0.39, 0.29) is 29.4 Å². The van der Waals surface area contributed by atoms with Gasteiger partial charge < -0.3 is 19.3 Å². The summed E-state index contributed by atoms with van der Waals surface area (Å²) >= 11 is 0. The second-order valence-electron chi connectivity index (χ2n) is 7.63. The summed E-state index contributed by atoms with van der Waals surface area (Å²) < 4.78 is 34.7. The first-order valence-corrected chi connectivity index (χ1v) is 10.7. The van der Waals surface area contributed by atoms with Crippen LogP contribution in [0.5, 0.6) is 11.5 Å². The summed E-state index contributed by atoms with van der Waals surface area (Å²) in [4.78, 5) is 29.6. The molecule has 0 spiro atoms. The van der Waals surface area contributed by atoms with Gasteiger partial charge >= 0.3 is 6.61 Å². The van der Waals surface area contributed by atoms with Crippen LogP contribution in [0.2, 0.25) is 0 Å². The zero-order chi connectivity index (χ0) is 23.1. The summed E-state index contributed by atoms with van der Waals surface area (Å²) in [6, 6.07) is 13.4. The lowest BCUT2D eigenvalue weighted by Gasteiger charge is -2.38. The Morgan fingerprint density at radius 3 is 2.34 bits per heavy atom. The van der Waals surface area contributed by atoms with Crippen LogP contribution in [-0.2, 0) is 0 Å². The molecule has 0 atom stereocenters. The fourth-order valence-corrected chi connectivity index (χ4v) is 3.99. The third-order valence-corrected chi connectivity index (χ3v) is 5.57. The molecule has 8 heteroatoms. The average molecular weight is 446 g/mol. The third-order valence-electron chi connectivity index (χ3n) is 5.57. The van der Waals surface area contributed by atoms with Crippen molar-refractivity contribution in [3.63, 3.8) is 0 Å². The van der Waals surface area contributed by atoms with E-state index in [4.69, 9.17) is 4.74 Å².